The largest absolute Gasteiger partial charge is 0.371 e. The number of hydrogen-bond acceptors (Lipinski definition) is 2. The average molecular weight is 450 g/mol. The molecule has 0 atom stereocenters. The van der Waals surface area contributed by atoms with Crippen molar-refractivity contribution in [1.29, 1.82) is 0 Å². The van der Waals surface area contributed by atoms with E-state index < -0.39 is 0 Å². The number of rotatable bonds is 4. The molecule has 3 N–H and O–H groups in total. The van der Waals surface area contributed by atoms with Crippen molar-refractivity contribution in [2.45, 2.75) is 32.7 Å². The predicted octanol–water partition coefficient (Wildman–Crippen LogP) is 4.53. The first-order valence-electron chi connectivity index (χ1n) is 8.69. The van der Waals surface area contributed by atoms with Gasteiger partial charge in [-0.15, -0.1) is 24.0 Å². The number of benzene rings is 2. The Morgan fingerprint density at radius 3 is 2.44 bits per heavy atom. The predicted molar refractivity (Wildman–Crippen MR) is 118 cm³/mol. The number of halogens is 1. The molecule has 5 heteroatoms. The molecule has 3 rings (SSSR count). The molecule has 1 aliphatic rings. The highest BCUT2D eigenvalue weighted by molar-refractivity contribution is 14.0. The maximum Gasteiger partial charge on any atom is 0.193 e. The lowest BCUT2D eigenvalue weighted by molar-refractivity contribution is 0.576. The van der Waals surface area contributed by atoms with Crippen molar-refractivity contribution in [3.63, 3.8) is 0 Å². The van der Waals surface area contributed by atoms with Gasteiger partial charge in [-0.25, -0.2) is 4.99 Å². The molecular formula is C20H27IN4. The van der Waals surface area contributed by atoms with Crippen molar-refractivity contribution in [3.05, 3.63) is 59.7 Å². The fourth-order valence-corrected chi connectivity index (χ4v) is 3.08. The first-order valence-corrected chi connectivity index (χ1v) is 8.69. The Morgan fingerprint density at radius 2 is 1.72 bits per heavy atom. The van der Waals surface area contributed by atoms with Gasteiger partial charge in [0.15, 0.2) is 5.96 Å². The van der Waals surface area contributed by atoms with Crippen molar-refractivity contribution < 1.29 is 0 Å². The zero-order valence-electron chi connectivity index (χ0n) is 14.7. The van der Waals surface area contributed by atoms with Crippen LogP contribution in [0.1, 0.15) is 30.4 Å². The second kappa shape index (κ2) is 9.65. The summed E-state index contributed by atoms with van der Waals surface area (Å²) in [6, 6.07) is 16.7. The van der Waals surface area contributed by atoms with E-state index in [2.05, 4.69) is 58.5 Å². The molecule has 1 heterocycles. The van der Waals surface area contributed by atoms with Gasteiger partial charge in [0.2, 0.25) is 0 Å². The number of guanidine groups is 1. The zero-order chi connectivity index (χ0) is 16.8. The van der Waals surface area contributed by atoms with Crippen molar-refractivity contribution in [3.8, 4) is 0 Å². The van der Waals surface area contributed by atoms with Gasteiger partial charge in [-0.3, -0.25) is 0 Å². The van der Waals surface area contributed by atoms with E-state index in [1.165, 1.54) is 36.1 Å². The van der Waals surface area contributed by atoms with Crippen LogP contribution in [-0.4, -0.2) is 19.0 Å². The normalized spacial score (nSPS) is 14.8. The number of nitrogens with one attached hydrogen (secondary N) is 1. The van der Waals surface area contributed by atoms with Gasteiger partial charge in [0, 0.05) is 24.5 Å². The summed E-state index contributed by atoms with van der Waals surface area (Å²) in [6.45, 7) is 4.94. The van der Waals surface area contributed by atoms with E-state index in [-0.39, 0.29) is 24.0 Å². The standard InChI is InChI=1S/C20H26N4.HI/c1-16-9-11-18(12-10-16)23-20(21)22-15-17-7-3-4-8-19(17)24-13-5-2-6-14-24;/h3-4,7-12H,2,5-6,13-15H2,1H3,(H3,21,22,23);1H. The van der Waals surface area contributed by atoms with Crippen LogP contribution in [0.25, 0.3) is 0 Å². The van der Waals surface area contributed by atoms with Crippen LogP contribution >= 0.6 is 24.0 Å². The van der Waals surface area contributed by atoms with E-state index in [4.69, 9.17) is 5.73 Å². The summed E-state index contributed by atoms with van der Waals surface area (Å²) >= 11 is 0. The van der Waals surface area contributed by atoms with Crippen LogP contribution in [0.4, 0.5) is 11.4 Å². The Bertz CT molecular complexity index is 691. The molecule has 2 aromatic rings. The molecular weight excluding hydrogens is 423 g/mol. The molecule has 0 amide bonds. The van der Waals surface area contributed by atoms with Gasteiger partial charge in [-0.1, -0.05) is 35.9 Å². The highest BCUT2D eigenvalue weighted by atomic mass is 127. The number of para-hydroxylation sites is 1. The molecule has 2 aromatic carbocycles. The van der Waals surface area contributed by atoms with E-state index in [1.54, 1.807) is 0 Å². The Morgan fingerprint density at radius 1 is 1.04 bits per heavy atom. The van der Waals surface area contributed by atoms with Crippen LogP contribution in [0.2, 0.25) is 0 Å². The Kier molecular flexibility index (Phi) is 7.55. The summed E-state index contributed by atoms with van der Waals surface area (Å²) in [5, 5.41) is 3.15. The lowest BCUT2D eigenvalue weighted by atomic mass is 10.1. The van der Waals surface area contributed by atoms with E-state index in [0.29, 0.717) is 12.5 Å². The van der Waals surface area contributed by atoms with Crippen LogP contribution < -0.4 is 16.0 Å². The van der Waals surface area contributed by atoms with Crippen LogP contribution in [0, 0.1) is 6.92 Å². The summed E-state index contributed by atoms with van der Waals surface area (Å²) in [5.74, 6) is 0.451. The van der Waals surface area contributed by atoms with Gasteiger partial charge in [0.1, 0.15) is 0 Å². The molecule has 1 fully saturated rings. The fourth-order valence-electron chi connectivity index (χ4n) is 3.08. The van der Waals surface area contributed by atoms with Gasteiger partial charge in [0.25, 0.3) is 0 Å². The average Bonchev–Trinajstić information content (AvgIpc) is 2.63. The monoisotopic (exact) mass is 450 g/mol. The first-order chi connectivity index (χ1) is 11.7. The van der Waals surface area contributed by atoms with Gasteiger partial charge in [-0.2, -0.15) is 0 Å². The summed E-state index contributed by atoms with van der Waals surface area (Å²) < 4.78 is 0. The van der Waals surface area contributed by atoms with Crippen LogP contribution in [0.3, 0.4) is 0 Å². The molecule has 0 aromatic heterocycles. The molecule has 4 nitrogen and oxygen atoms in total. The number of nitrogens with two attached hydrogens (primary N) is 1. The SMILES string of the molecule is Cc1ccc(NC(N)=NCc2ccccc2N2CCCCC2)cc1.I. The first kappa shape index (κ1) is 19.6. The van der Waals surface area contributed by atoms with Crippen LogP contribution in [0.15, 0.2) is 53.5 Å². The van der Waals surface area contributed by atoms with E-state index in [1.807, 2.05) is 12.1 Å². The zero-order valence-corrected chi connectivity index (χ0v) is 17.1. The molecule has 0 radical (unpaired) electrons. The molecule has 1 aliphatic heterocycles. The maximum atomic E-state index is 6.05. The van der Waals surface area contributed by atoms with Crippen molar-refractivity contribution in [2.75, 3.05) is 23.3 Å². The number of nitrogens with zero attached hydrogens (tertiary/aromatic N) is 2. The maximum absolute atomic E-state index is 6.05. The minimum atomic E-state index is 0. The molecule has 0 aliphatic carbocycles. The quantitative estimate of drug-likeness (QED) is 0.409. The molecule has 0 saturated carbocycles. The van der Waals surface area contributed by atoms with Gasteiger partial charge in [0.05, 0.1) is 6.54 Å². The third-order valence-electron chi connectivity index (χ3n) is 4.43. The number of piperidine rings is 1. The number of anilines is 2. The van der Waals surface area contributed by atoms with Crippen molar-refractivity contribution >= 4 is 41.3 Å². The molecule has 0 bridgehead atoms. The third-order valence-corrected chi connectivity index (χ3v) is 4.43. The van der Waals surface area contributed by atoms with Gasteiger partial charge in [-0.05, 0) is 49.9 Å². The summed E-state index contributed by atoms with van der Waals surface area (Å²) in [5.41, 5.74) is 10.8. The van der Waals surface area contributed by atoms with E-state index in [0.717, 1.165) is 18.8 Å². The number of aliphatic imine (C=N–C) groups is 1. The van der Waals surface area contributed by atoms with Crippen molar-refractivity contribution in [1.82, 2.24) is 0 Å². The lowest BCUT2D eigenvalue weighted by Crippen LogP contribution is -2.30. The molecule has 134 valence electrons. The minimum absolute atomic E-state index is 0. The highest BCUT2D eigenvalue weighted by Gasteiger charge is 2.13. The topological polar surface area (TPSA) is 53.6 Å². The highest BCUT2D eigenvalue weighted by Crippen LogP contribution is 2.24. The Labute approximate surface area is 167 Å². The third kappa shape index (κ3) is 5.63. The fraction of sp³-hybridized carbons (Fsp3) is 0.350. The second-order valence-electron chi connectivity index (χ2n) is 6.37. The van der Waals surface area contributed by atoms with Crippen LogP contribution in [-0.2, 0) is 6.54 Å². The smallest absolute Gasteiger partial charge is 0.193 e. The minimum Gasteiger partial charge on any atom is -0.371 e. The second-order valence-corrected chi connectivity index (χ2v) is 6.37. The Hall–Kier alpha value is -1.76. The summed E-state index contributed by atoms with van der Waals surface area (Å²) in [7, 11) is 0. The molecule has 1 saturated heterocycles. The van der Waals surface area contributed by atoms with E-state index in [9.17, 15) is 0 Å². The molecule has 0 unspecified atom stereocenters. The summed E-state index contributed by atoms with van der Waals surface area (Å²) in [4.78, 5) is 6.99. The Balaban J connectivity index is 0.00000225. The van der Waals surface area contributed by atoms with Gasteiger partial charge < -0.3 is 16.0 Å². The molecule has 0 spiro atoms. The van der Waals surface area contributed by atoms with E-state index >= 15 is 0 Å². The molecule has 25 heavy (non-hydrogen) atoms. The van der Waals surface area contributed by atoms with Crippen LogP contribution in [0.5, 0.6) is 0 Å². The van der Waals surface area contributed by atoms with Gasteiger partial charge >= 0.3 is 0 Å². The lowest BCUT2D eigenvalue weighted by Gasteiger charge is -2.30. The number of aryl methyl sites for hydroxylation is 1. The van der Waals surface area contributed by atoms with Crippen molar-refractivity contribution in [2.24, 2.45) is 10.7 Å². The summed E-state index contributed by atoms with van der Waals surface area (Å²) in [6.07, 6.45) is 3.88. The number of hydrogen-bond donors (Lipinski definition) is 2.